The Kier molecular flexibility index (Phi) is 6.14. The molecule has 140 valence electrons. The zero-order valence-corrected chi connectivity index (χ0v) is 16.1. The minimum absolute atomic E-state index is 0.245. The average molecular weight is 405 g/mol. The predicted octanol–water partition coefficient (Wildman–Crippen LogP) is 4.62. The highest BCUT2D eigenvalue weighted by Crippen LogP contribution is 2.32. The first-order valence-corrected chi connectivity index (χ1v) is 9.22. The highest BCUT2D eigenvalue weighted by molar-refractivity contribution is 6.42. The van der Waals surface area contributed by atoms with Crippen LogP contribution in [0.5, 0.6) is 0 Å². The molecule has 0 spiro atoms. The fraction of sp³-hybridized carbons (Fsp3) is 0.250. The number of hydrogen-bond donors (Lipinski definition) is 1. The van der Waals surface area contributed by atoms with Crippen LogP contribution in [0.1, 0.15) is 24.1 Å². The molecule has 1 aliphatic heterocycles. The van der Waals surface area contributed by atoms with Crippen LogP contribution in [0, 0.1) is 5.92 Å². The number of halogens is 2. The van der Waals surface area contributed by atoms with Crippen LogP contribution in [0.15, 0.2) is 53.5 Å². The lowest BCUT2D eigenvalue weighted by Gasteiger charge is -2.29. The zero-order chi connectivity index (χ0) is 19.4. The van der Waals surface area contributed by atoms with Gasteiger partial charge < -0.3 is 10.1 Å². The van der Waals surface area contributed by atoms with Gasteiger partial charge in [-0.3, -0.25) is 4.79 Å². The standard InChI is InChI=1S/C20H18Cl2N2O3/c1-12-17(19(25)27-10-9-13-5-3-2-4-6-13)18(24-20(26)23-12)14-7-8-15(21)16(22)11-14/h2-8,11,17-18H,9-10H2,1H3,(H,24,26). The van der Waals surface area contributed by atoms with Crippen molar-refractivity contribution in [3.05, 3.63) is 69.7 Å². The summed E-state index contributed by atoms with van der Waals surface area (Å²) in [6.07, 6.45) is 0.610. The summed E-state index contributed by atoms with van der Waals surface area (Å²) in [6, 6.07) is 13.6. The van der Waals surface area contributed by atoms with Crippen LogP contribution in [-0.4, -0.2) is 24.3 Å². The van der Waals surface area contributed by atoms with E-state index >= 15 is 0 Å². The predicted molar refractivity (Wildman–Crippen MR) is 105 cm³/mol. The van der Waals surface area contributed by atoms with Crippen LogP contribution in [0.4, 0.5) is 4.79 Å². The topological polar surface area (TPSA) is 67.8 Å². The lowest BCUT2D eigenvalue weighted by molar-refractivity contribution is -0.146. The highest BCUT2D eigenvalue weighted by Gasteiger charge is 2.38. The van der Waals surface area contributed by atoms with Gasteiger partial charge in [-0.2, -0.15) is 0 Å². The van der Waals surface area contributed by atoms with Crippen LogP contribution >= 0.6 is 23.2 Å². The smallest absolute Gasteiger partial charge is 0.341 e. The van der Waals surface area contributed by atoms with E-state index in [0.717, 1.165) is 5.56 Å². The Labute approximate surface area is 167 Å². The first-order chi connectivity index (χ1) is 13.0. The summed E-state index contributed by atoms with van der Waals surface area (Å²) in [6.45, 7) is 1.89. The van der Waals surface area contributed by atoms with Crippen molar-refractivity contribution in [1.29, 1.82) is 0 Å². The molecule has 1 N–H and O–H groups in total. The largest absolute Gasteiger partial charge is 0.465 e. The van der Waals surface area contributed by atoms with E-state index in [1.54, 1.807) is 25.1 Å². The van der Waals surface area contributed by atoms with E-state index in [1.807, 2.05) is 30.3 Å². The molecule has 2 amide bonds. The molecule has 0 aromatic heterocycles. The van der Waals surface area contributed by atoms with Gasteiger partial charge >= 0.3 is 12.0 Å². The fourth-order valence-electron chi connectivity index (χ4n) is 3.01. The van der Waals surface area contributed by atoms with E-state index in [1.165, 1.54) is 0 Å². The molecule has 0 fully saturated rings. The van der Waals surface area contributed by atoms with Crippen LogP contribution in [-0.2, 0) is 16.0 Å². The maximum atomic E-state index is 12.7. The lowest BCUT2D eigenvalue weighted by atomic mass is 9.88. The third kappa shape index (κ3) is 4.67. The minimum atomic E-state index is -0.726. The summed E-state index contributed by atoms with van der Waals surface area (Å²) in [5.74, 6) is -1.17. The van der Waals surface area contributed by atoms with Crippen LogP contribution in [0.25, 0.3) is 0 Å². The molecule has 2 aromatic rings. The molecule has 0 saturated carbocycles. The average Bonchev–Trinajstić information content (AvgIpc) is 2.64. The Hall–Kier alpha value is -2.37. The molecule has 1 aliphatic rings. The van der Waals surface area contributed by atoms with Gasteiger partial charge in [-0.15, -0.1) is 0 Å². The Morgan fingerprint density at radius 2 is 1.89 bits per heavy atom. The Bertz CT molecular complexity index is 884. The SMILES string of the molecule is CC1=NC(=O)NC(c2ccc(Cl)c(Cl)c2)C1C(=O)OCCc1ccccc1. The molecule has 0 aliphatic carbocycles. The monoisotopic (exact) mass is 404 g/mol. The minimum Gasteiger partial charge on any atom is -0.465 e. The van der Waals surface area contributed by atoms with E-state index in [-0.39, 0.29) is 6.61 Å². The van der Waals surface area contributed by atoms with Gasteiger partial charge in [0, 0.05) is 12.1 Å². The molecule has 0 bridgehead atoms. The second-order valence-corrected chi connectivity index (χ2v) is 7.05. The number of aliphatic imine (C=N–C) groups is 1. The summed E-state index contributed by atoms with van der Waals surface area (Å²) in [7, 11) is 0. The number of urea groups is 1. The van der Waals surface area contributed by atoms with E-state index in [4.69, 9.17) is 27.9 Å². The van der Waals surface area contributed by atoms with Crippen molar-refractivity contribution in [2.75, 3.05) is 6.61 Å². The van der Waals surface area contributed by atoms with Gasteiger partial charge in [0.15, 0.2) is 0 Å². The first kappa shape index (κ1) is 19.4. The number of nitrogens with zero attached hydrogens (tertiary/aromatic N) is 1. The van der Waals surface area contributed by atoms with Crippen molar-refractivity contribution in [3.63, 3.8) is 0 Å². The van der Waals surface area contributed by atoms with Crippen molar-refractivity contribution in [2.45, 2.75) is 19.4 Å². The molecule has 27 heavy (non-hydrogen) atoms. The van der Waals surface area contributed by atoms with Gasteiger partial charge in [0.1, 0.15) is 5.92 Å². The number of hydrogen-bond acceptors (Lipinski definition) is 3. The summed E-state index contributed by atoms with van der Waals surface area (Å²) in [5.41, 5.74) is 2.14. The molecule has 5 nitrogen and oxygen atoms in total. The first-order valence-electron chi connectivity index (χ1n) is 8.47. The number of amides is 2. The third-order valence-corrected chi connectivity index (χ3v) is 5.11. The zero-order valence-electron chi connectivity index (χ0n) is 14.6. The van der Waals surface area contributed by atoms with Crippen molar-refractivity contribution >= 4 is 40.9 Å². The summed E-state index contributed by atoms with van der Waals surface area (Å²) in [5, 5.41) is 3.46. The Morgan fingerprint density at radius 3 is 2.59 bits per heavy atom. The van der Waals surface area contributed by atoms with E-state index in [9.17, 15) is 9.59 Å². The van der Waals surface area contributed by atoms with Crippen molar-refractivity contribution in [3.8, 4) is 0 Å². The number of nitrogens with one attached hydrogen (secondary N) is 1. The van der Waals surface area contributed by atoms with Crippen LogP contribution in [0.2, 0.25) is 10.0 Å². The number of esters is 1. The number of carbonyl (C=O) groups is 2. The summed E-state index contributed by atoms with van der Waals surface area (Å²) >= 11 is 12.1. The Morgan fingerprint density at radius 1 is 1.15 bits per heavy atom. The molecular formula is C20H18Cl2N2O3. The molecule has 2 atom stereocenters. The number of carbonyl (C=O) groups excluding carboxylic acids is 2. The van der Waals surface area contributed by atoms with Gasteiger partial charge in [0.05, 0.1) is 22.7 Å². The maximum absolute atomic E-state index is 12.7. The normalized spacial score (nSPS) is 19.2. The number of ether oxygens (including phenoxy) is 1. The third-order valence-electron chi connectivity index (χ3n) is 4.37. The van der Waals surface area contributed by atoms with Gasteiger partial charge in [-0.1, -0.05) is 59.6 Å². The molecule has 7 heteroatoms. The van der Waals surface area contributed by atoms with Gasteiger partial charge in [-0.05, 0) is 30.2 Å². The highest BCUT2D eigenvalue weighted by atomic mass is 35.5. The Balaban J connectivity index is 1.76. The molecule has 0 radical (unpaired) electrons. The summed E-state index contributed by atoms with van der Waals surface area (Å²) < 4.78 is 5.47. The van der Waals surface area contributed by atoms with E-state index in [2.05, 4.69) is 10.3 Å². The van der Waals surface area contributed by atoms with Crippen molar-refractivity contribution < 1.29 is 14.3 Å². The second kappa shape index (κ2) is 8.55. The molecule has 2 unspecified atom stereocenters. The van der Waals surface area contributed by atoms with Crippen molar-refractivity contribution in [1.82, 2.24) is 5.32 Å². The second-order valence-electron chi connectivity index (χ2n) is 6.23. The number of rotatable bonds is 5. The van der Waals surface area contributed by atoms with E-state index < -0.39 is 24.0 Å². The summed E-state index contributed by atoms with van der Waals surface area (Å²) in [4.78, 5) is 28.5. The molecular weight excluding hydrogens is 387 g/mol. The van der Waals surface area contributed by atoms with E-state index in [0.29, 0.717) is 27.7 Å². The van der Waals surface area contributed by atoms with Crippen LogP contribution < -0.4 is 5.32 Å². The van der Waals surface area contributed by atoms with Crippen molar-refractivity contribution in [2.24, 2.45) is 10.9 Å². The van der Waals surface area contributed by atoms with Crippen LogP contribution in [0.3, 0.4) is 0 Å². The molecule has 0 saturated heterocycles. The van der Waals surface area contributed by atoms with Gasteiger partial charge in [0.25, 0.3) is 0 Å². The maximum Gasteiger partial charge on any atom is 0.341 e. The van der Waals surface area contributed by atoms with Gasteiger partial charge in [-0.25, -0.2) is 9.79 Å². The lowest BCUT2D eigenvalue weighted by Crippen LogP contribution is -2.44. The van der Waals surface area contributed by atoms with Gasteiger partial charge in [0.2, 0.25) is 0 Å². The molecule has 3 rings (SSSR count). The number of benzene rings is 2. The molecule has 2 aromatic carbocycles. The molecule has 1 heterocycles. The quantitative estimate of drug-likeness (QED) is 0.739. The fourth-order valence-corrected chi connectivity index (χ4v) is 3.32.